The molecule has 0 bridgehead atoms. The van der Waals surface area contributed by atoms with Crippen LogP contribution < -0.4 is 21.3 Å². The molecule has 8 aromatic carbocycles. The Morgan fingerprint density at radius 3 is 1.09 bits per heavy atom. The maximum atomic E-state index is 14.2. The van der Waals surface area contributed by atoms with Crippen molar-refractivity contribution in [2.75, 3.05) is 21.3 Å². The molecular formula is C80H53Cl2F6N13. The first-order valence-electron chi connectivity index (χ1n) is 31.2. The second-order valence-corrected chi connectivity index (χ2v) is 23.2. The van der Waals surface area contributed by atoms with Gasteiger partial charge < -0.3 is 21.3 Å². The number of para-hydroxylation sites is 4. The van der Waals surface area contributed by atoms with E-state index in [1.807, 2.05) is 127 Å². The fourth-order valence-electron chi connectivity index (χ4n) is 10.9. The number of nitrogens with one attached hydrogen (secondary N) is 4. The van der Waals surface area contributed by atoms with Crippen LogP contribution >= 0.6 is 23.2 Å². The number of alkyl halides is 3. The van der Waals surface area contributed by atoms with Crippen LogP contribution in [-0.4, -0.2) is 44.9 Å². The number of nitrogens with zero attached hydrogens (tertiary/aromatic N) is 9. The lowest BCUT2D eigenvalue weighted by atomic mass is 10.1. The van der Waals surface area contributed by atoms with E-state index in [1.165, 1.54) is 36.8 Å². The molecule has 0 unspecified atom stereocenters. The van der Waals surface area contributed by atoms with Crippen molar-refractivity contribution in [1.29, 1.82) is 0 Å². The second-order valence-electron chi connectivity index (χ2n) is 22.3. The standard InChI is InChI=1S/C21H13F4N3.C20H13Cl2N3.C20H14FN3.C19H13FN4/c22-16-7-3-1-5-13(16)19-11-20(14-6-2-4-8-17(14)27-19)28-18-9-10-26-12-15(18)21(23,24)25;21-13-5-6-17(22)16(11-13)20-12-19(24-14-7-9-23-10-8-14)15-3-1-2-4-18(15)25-20;21-17-7-3-1-5-15(17)19-13-20(23-14-9-11-22-12-10-14)16-6-2-4-8-18(16)24-19;20-15-7-3-1-5-13(15)17-11-18(24-19-9-10-21-12-22-19)14-6-2-4-8-16(14)23-17/h1-12H,(H,26,27,28);1-12H,(H,23,24,25);1-13H,(H,22,23,24);1-12H,(H,21,22,23,24). The fraction of sp³-hybridized carbons (Fsp3) is 0.0125. The van der Waals surface area contributed by atoms with Gasteiger partial charge >= 0.3 is 6.18 Å². The van der Waals surface area contributed by atoms with Crippen LogP contribution in [0, 0.1) is 17.5 Å². The van der Waals surface area contributed by atoms with E-state index in [9.17, 15) is 26.3 Å². The summed E-state index contributed by atoms with van der Waals surface area (Å²) in [6.45, 7) is 0. The summed E-state index contributed by atoms with van der Waals surface area (Å²) in [5.74, 6) is -0.375. The molecule has 16 rings (SSSR count). The highest BCUT2D eigenvalue weighted by Gasteiger charge is 2.34. The predicted molar refractivity (Wildman–Crippen MR) is 391 cm³/mol. The van der Waals surface area contributed by atoms with Crippen LogP contribution in [0.25, 0.3) is 88.6 Å². The van der Waals surface area contributed by atoms with E-state index in [1.54, 1.807) is 128 Å². The van der Waals surface area contributed by atoms with Crippen molar-refractivity contribution < 1.29 is 26.3 Å². The first-order valence-corrected chi connectivity index (χ1v) is 32.0. The van der Waals surface area contributed by atoms with Crippen molar-refractivity contribution >= 4 is 112 Å². The SMILES string of the molecule is Clc1ccc(Cl)c(-c2cc(Nc3ccncc3)c3ccccc3n2)c1.Fc1ccccc1-c1cc(Nc2ccncc2)c2ccccc2n1.Fc1ccccc1-c1cc(Nc2ccncc2C(F)(F)F)c2ccccc2n1.Fc1ccccc1-c1cc(Nc2ccncn2)c2ccccc2n1. The van der Waals surface area contributed by atoms with Crippen molar-refractivity contribution in [2.24, 2.45) is 0 Å². The van der Waals surface area contributed by atoms with Gasteiger partial charge in [0.2, 0.25) is 0 Å². The molecule has 0 radical (unpaired) electrons. The first kappa shape index (κ1) is 66.9. The average molecular weight is 1380 g/mol. The summed E-state index contributed by atoms with van der Waals surface area (Å²) in [5, 5.41) is 17.7. The van der Waals surface area contributed by atoms with Crippen LogP contribution in [0.2, 0.25) is 10.0 Å². The molecule has 0 amide bonds. The molecule has 13 nitrogen and oxygen atoms in total. The van der Waals surface area contributed by atoms with Crippen molar-refractivity contribution in [3.8, 4) is 45.0 Å². The van der Waals surface area contributed by atoms with Gasteiger partial charge in [0.15, 0.2) is 0 Å². The summed E-state index contributed by atoms with van der Waals surface area (Å²) in [6.07, 6.45) is 7.57. The molecule has 0 aliphatic rings. The van der Waals surface area contributed by atoms with Crippen molar-refractivity contribution in [3.63, 3.8) is 0 Å². The minimum Gasteiger partial charge on any atom is -0.355 e. The fourth-order valence-corrected chi connectivity index (χ4v) is 11.3. The molecule has 0 spiro atoms. The largest absolute Gasteiger partial charge is 0.419 e. The summed E-state index contributed by atoms with van der Waals surface area (Å²) in [4.78, 5) is 38.2. The molecule has 16 aromatic rings. The summed E-state index contributed by atoms with van der Waals surface area (Å²) < 4.78 is 82.5. The Kier molecular flexibility index (Phi) is 20.4. The summed E-state index contributed by atoms with van der Waals surface area (Å²) in [5.41, 5.74) is 11.2. The monoisotopic (exact) mass is 1380 g/mol. The molecule has 0 aliphatic heterocycles. The Labute approximate surface area is 584 Å². The van der Waals surface area contributed by atoms with Gasteiger partial charge in [0, 0.05) is 104 Å². The number of benzene rings is 8. The van der Waals surface area contributed by atoms with E-state index in [0.29, 0.717) is 60.7 Å². The molecule has 494 valence electrons. The number of pyridine rings is 7. The van der Waals surface area contributed by atoms with E-state index in [2.05, 4.69) is 61.1 Å². The van der Waals surface area contributed by atoms with Crippen molar-refractivity contribution in [1.82, 2.24) is 44.9 Å². The van der Waals surface area contributed by atoms with Crippen LogP contribution in [0.3, 0.4) is 0 Å². The van der Waals surface area contributed by atoms with Gasteiger partial charge in [-0.15, -0.1) is 0 Å². The molecule has 0 saturated carbocycles. The molecule has 0 aliphatic carbocycles. The maximum absolute atomic E-state index is 14.2. The molecule has 0 atom stereocenters. The van der Waals surface area contributed by atoms with Gasteiger partial charge in [-0.05, 0) is 140 Å². The number of hydrogen-bond donors (Lipinski definition) is 4. The Hall–Kier alpha value is -12.7. The number of aromatic nitrogens is 9. The zero-order valence-corrected chi connectivity index (χ0v) is 54.4. The lowest BCUT2D eigenvalue weighted by Crippen LogP contribution is -2.09. The molecule has 0 saturated heterocycles. The van der Waals surface area contributed by atoms with Gasteiger partial charge in [0.25, 0.3) is 0 Å². The molecule has 21 heteroatoms. The van der Waals surface area contributed by atoms with Crippen LogP contribution in [0.15, 0.2) is 298 Å². The molecular weight excluding hydrogens is 1330 g/mol. The Bertz CT molecular complexity index is 5430. The summed E-state index contributed by atoms with van der Waals surface area (Å²) in [7, 11) is 0. The molecule has 4 N–H and O–H groups in total. The number of fused-ring (bicyclic) bond motifs is 4. The zero-order valence-electron chi connectivity index (χ0n) is 52.8. The Morgan fingerprint density at radius 1 is 0.317 bits per heavy atom. The third-order valence-corrected chi connectivity index (χ3v) is 16.2. The molecule has 8 heterocycles. The minimum atomic E-state index is -4.56. The van der Waals surface area contributed by atoms with E-state index in [0.717, 1.165) is 78.6 Å². The second kappa shape index (κ2) is 30.8. The van der Waals surface area contributed by atoms with E-state index in [-0.39, 0.29) is 22.9 Å². The summed E-state index contributed by atoms with van der Waals surface area (Å²) >= 11 is 12.5. The van der Waals surface area contributed by atoms with Gasteiger partial charge in [-0.25, -0.2) is 43.1 Å². The number of hydrogen-bond acceptors (Lipinski definition) is 13. The number of rotatable bonds is 12. The highest BCUT2D eigenvalue weighted by Crippen LogP contribution is 2.40. The van der Waals surface area contributed by atoms with Gasteiger partial charge in [0.05, 0.1) is 83.9 Å². The quantitative estimate of drug-likeness (QED) is 0.0855. The molecule has 0 fully saturated rings. The maximum Gasteiger partial charge on any atom is 0.419 e. The van der Waals surface area contributed by atoms with Crippen LogP contribution in [0.5, 0.6) is 0 Å². The third-order valence-electron chi connectivity index (χ3n) is 15.7. The summed E-state index contributed by atoms with van der Waals surface area (Å²) in [6, 6.07) is 73.2. The third kappa shape index (κ3) is 16.1. The smallest absolute Gasteiger partial charge is 0.355 e. The van der Waals surface area contributed by atoms with Gasteiger partial charge in [0.1, 0.15) is 29.6 Å². The lowest BCUT2D eigenvalue weighted by molar-refractivity contribution is -0.137. The van der Waals surface area contributed by atoms with E-state index in [4.69, 9.17) is 28.2 Å². The average Bonchev–Trinajstić information content (AvgIpc) is 0.777. The number of halogens is 8. The highest BCUT2D eigenvalue weighted by atomic mass is 35.5. The topological polar surface area (TPSA) is 164 Å². The minimum absolute atomic E-state index is 0.140. The predicted octanol–water partition coefficient (Wildman–Crippen LogP) is 22.3. The van der Waals surface area contributed by atoms with E-state index >= 15 is 0 Å². The normalized spacial score (nSPS) is 11.0. The van der Waals surface area contributed by atoms with Gasteiger partial charge in [-0.2, -0.15) is 13.2 Å². The van der Waals surface area contributed by atoms with Crippen molar-refractivity contribution in [3.05, 3.63) is 331 Å². The van der Waals surface area contributed by atoms with Crippen LogP contribution in [-0.2, 0) is 6.18 Å². The zero-order chi connectivity index (χ0) is 69.7. The van der Waals surface area contributed by atoms with Crippen LogP contribution in [0.1, 0.15) is 5.56 Å². The van der Waals surface area contributed by atoms with E-state index < -0.39 is 17.6 Å². The van der Waals surface area contributed by atoms with Crippen molar-refractivity contribution in [2.45, 2.75) is 6.18 Å². The molecule has 101 heavy (non-hydrogen) atoms. The van der Waals surface area contributed by atoms with Gasteiger partial charge in [-0.1, -0.05) is 132 Å². The lowest BCUT2D eigenvalue weighted by Gasteiger charge is -2.16. The Morgan fingerprint density at radius 2 is 0.683 bits per heavy atom. The Balaban J connectivity index is 0.000000121. The highest BCUT2D eigenvalue weighted by molar-refractivity contribution is 6.35. The van der Waals surface area contributed by atoms with Gasteiger partial charge in [-0.3, -0.25) is 15.0 Å². The first-order chi connectivity index (χ1) is 49.3. The number of anilines is 8. The van der Waals surface area contributed by atoms with Crippen LogP contribution in [0.4, 0.5) is 72.0 Å². The molecule has 8 aromatic heterocycles.